The van der Waals surface area contributed by atoms with E-state index in [0.29, 0.717) is 5.76 Å². The van der Waals surface area contributed by atoms with Gasteiger partial charge in [0.15, 0.2) is 0 Å². The second-order valence-corrected chi connectivity index (χ2v) is 2.41. The van der Waals surface area contributed by atoms with Crippen LogP contribution >= 0.6 is 0 Å². The Hall–Kier alpha value is -1.05. The van der Waals surface area contributed by atoms with E-state index >= 15 is 0 Å². The van der Waals surface area contributed by atoms with E-state index in [-0.39, 0.29) is 0 Å². The fourth-order valence-corrected chi connectivity index (χ4v) is 0.842. The summed E-state index contributed by atoms with van der Waals surface area (Å²) in [4.78, 5) is 0. The van der Waals surface area contributed by atoms with Gasteiger partial charge in [-0.3, -0.25) is 0 Å². The van der Waals surface area contributed by atoms with Gasteiger partial charge in [-0.2, -0.15) is 0 Å². The van der Waals surface area contributed by atoms with E-state index in [2.05, 4.69) is 6.08 Å². The summed E-state index contributed by atoms with van der Waals surface area (Å²) in [5.74, 6) is 0.519. The van der Waals surface area contributed by atoms with Gasteiger partial charge in [0, 0.05) is 6.42 Å². The van der Waals surface area contributed by atoms with Crippen LogP contribution in [0.2, 0.25) is 0 Å². The Labute approximate surface area is 67.8 Å². The predicted molar refractivity (Wildman–Crippen MR) is 48.2 cm³/mol. The lowest BCUT2D eigenvalue weighted by Gasteiger charge is -2.03. The lowest BCUT2D eigenvalue weighted by molar-refractivity contribution is 0.386. The van der Waals surface area contributed by atoms with Crippen molar-refractivity contribution in [3.05, 3.63) is 23.5 Å². The minimum Gasteiger partial charge on any atom is -0.512 e. The number of hydrogen-bond donors (Lipinski definition) is 2. The van der Waals surface area contributed by atoms with Crippen LogP contribution < -0.4 is 0 Å². The highest BCUT2D eigenvalue weighted by atomic mass is 16.3. The third kappa shape index (κ3) is 5.40. The first kappa shape index (κ1) is 9.95. The molecule has 1 rings (SSSR count). The monoisotopic (exact) mass is 153 g/mol. The molecule has 11 heavy (non-hydrogen) atoms. The first-order chi connectivity index (χ1) is 5.20. The van der Waals surface area contributed by atoms with E-state index in [1.54, 1.807) is 6.92 Å². The molecule has 0 atom stereocenters. The van der Waals surface area contributed by atoms with Gasteiger partial charge in [0.05, 0.1) is 5.76 Å². The predicted octanol–water partition coefficient (Wildman–Crippen LogP) is 2.82. The van der Waals surface area contributed by atoms with Crippen molar-refractivity contribution in [1.82, 2.24) is 0 Å². The molecule has 62 valence electrons. The third-order valence-corrected chi connectivity index (χ3v) is 1.26. The number of aliphatic hydroxyl groups excluding tert-OH is 1. The molecule has 0 aliphatic heterocycles. The van der Waals surface area contributed by atoms with Crippen LogP contribution in [-0.2, 0) is 0 Å². The second-order valence-electron chi connectivity index (χ2n) is 2.41. The van der Waals surface area contributed by atoms with Gasteiger partial charge in [-0.1, -0.05) is 11.6 Å². The van der Waals surface area contributed by atoms with Crippen molar-refractivity contribution in [2.45, 2.75) is 26.7 Å². The van der Waals surface area contributed by atoms with E-state index in [1.165, 1.54) is 11.8 Å². The number of nitrogens with one attached hydrogen (secondary N) is 1. The molecular formula is C9H15NO. The number of rotatable bonds is 0. The van der Waals surface area contributed by atoms with Crippen LogP contribution in [0.1, 0.15) is 26.7 Å². The van der Waals surface area contributed by atoms with Gasteiger partial charge in [0.2, 0.25) is 0 Å². The molecule has 0 fully saturated rings. The molecule has 1 aliphatic carbocycles. The first-order valence-electron chi connectivity index (χ1n) is 3.72. The molecule has 0 bridgehead atoms. The summed E-state index contributed by atoms with van der Waals surface area (Å²) in [6, 6.07) is 0. The quantitative estimate of drug-likeness (QED) is 0.516. The van der Waals surface area contributed by atoms with Crippen LogP contribution in [-0.4, -0.2) is 11.3 Å². The average Bonchev–Trinajstić information content (AvgIpc) is 1.88. The summed E-state index contributed by atoms with van der Waals surface area (Å²) in [7, 11) is 0. The molecule has 2 nitrogen and oxygen atoms in total. The lowest BCUT2D eigenvalue weighted by Crippen LogP contribution is -1.87. The van der Waals surface area contributed by atoms with Crippen molar-refractivity contribution >= 4 is 6.21 Å². The van der Waals surface area contributed by atoms with Crippen LogP contribution in [0.3, 0.4) is 0 Å². The number of aliphatic hydroxyl groups is 1. The van der Waals surface area contributed by atoms with E-state index < -0.39 is 0 Å². The zero-order valence-corrected chi connectivity index (χ0v) is 7.09. The fraction of sp³-hybridized carbons (Fsp3) is 0.444. The van der Waals surface area contributed by atoms with Gasteiger partial charge in [-0.25, -0.2) is 0 Å². The number of hydrogen-bond acceptors (Lipinski definition) is 2. The van der Waals surface area contributed by atoms with Gasteiger partial charge in [-0.05, 0) is 32.6 Å². The highest BCUT2D eigenvalue weighted by Crippen LogP contribution is 2.13. The zero-order chi connectivity index (χ0) is 8.69. The maximum absolute atomic E-state index is 8.90. The van der Waals surface area contributed by atoms with E-state index in [4.69, 9.17) is 10.5 Å². The molecule has 0 spiro atoms. The van der Waals surface area contributed by atoms with Crippen molar-refractivity contribution in [3.8, 4) is 0 Å². The van der Waals surface area contributed by atoms with Crippen LogP contribution in [0.5, 0.6) is 0 Å². The minimum absolute atomic E-state index is 0.519. The van der Waals surface area contributed by atoms with E-state index in [9.17, 15) is 0 Å². The Kier molecular flexibility index (Phi) is 5.17. The summed E-state index contributed by atoms with van der Waals surface area (Å²) >= 11 is 0. The summed E-state index contributed by atoms with van der Waals surface area (Å²) in [5.41, 5.74) is 1.17. The Morgan fingerprint density at radius 2 is 2.18 bits per heavy atom. The van der Waals surface area contributed by atoms with Crippen molar-refractivity contribution in [3.63, 3.8) is 0 Å². The summed E-state index contributed by atoms with van der Waals surface area (Å²) in [5, 5.41) is 15.0. The van der Waals surface area contributed by atoms with Crippen LogP contribution in [0.25, 0.3) is 0 Å². The SMILES string of the molecule is CC1=CCCC(O)=C1.CC=N. The molecule has 2 heteroatoms. The summed E-state index contributed by atoms with van der Waals surface area (Å²) < 4.78 is 0. The van der Waals surface area contributed by atoms with Crippen molar-refractivity contribution in [1.29, 1.82) is 5.41 Å². The van der Waals surface area contributed by atoms with Crippen LogP contribution in [0, 0.1) is 5.41 Å². The van der Waals surface area contributed by atoms with Crippen molar-refractivity contribution < 1.29 is 5.11 Å². The lowest BCUT2D eigenvalue weighted by atomic mass is 10.1. The standard InChI is InChI=1S/C7H10O.C2H5N/c1-6-3-2-4-7(8)5-6;1-2-3/h3,5,8H,2,4H2,1H3;2-3H,1H3. The molecule has 0 saturated heterocycles. The van der Waals surface area contributed by atoms with Crippen molar-refractivity contribution in [2.24, 2.45) is 0 Å². The highest BCUT2D eigenvalue weighted by molar-refractivity contribution is 5.48. The minimum atomic E-state index is 0.519. The van der Waals surface area contributed by atoms with Gasteiger partial charge >= 0.3 is 0 Å². The van der Waals surface area contributed by atoms with Gasteiger partial charge in [0.25, 0.3) is 0 Å². The average molecular weight is 153 g/mol. The third-order valence-electron chi connectivity index (χ3n) is 1.26. The van der Waals surface area contributed by atoms with Crippen molar-refractivity contribution in [2.75, 3.05) is 0 Å². The fourth-order valence-electron chi connectivity index (χ4n) is 0.842. The Bertz CT molecular complexity index is 180. The molecule has 0 unspecified atom stereocenters. The molecule has 0 aromatic rings. The largest absolute Gasteiger partial charge is 0.512 e. The normalized spacial score (nSPS) is 15.5. The molecule has 1 aliphatic rings. The van der Waals surface area contributed by atoms with Gasteiger partial charge < -0.3 is 10.5 Å². The van der Waals surface area contributed by atoms with Crippen LogP contribution in [0.4, 0.5) is 0 Å². The van der Waals surface area contributed by atoms with E-state index in [1.807, 2.05) is 13.0 Å². The molecule has 2 N–H and O–H groups in total. The first-order valence-corrected chi connectivity index (χ1v) is 3.72. The maximum Gasteiger partial charge on any atom is 0.0928 e. The van der Waals surface area contributed by atoms with Gasteiger partial charge in [0.1, 0.15) is 0 Å². The van der Waals surface area contributed by atoms with Crippen LogP contribution in [0.15, 0.2) is 23.5 Å². The number of allylic oxidation sites excluding steroid dienone is 4. The topological polar surface area (TPSA) is 44.1 Å². The molecule has 0 amide bonds. The smallest absolute Gasteiger partial charge is 0.0928 e. The molecule has 0 aromatic heterocycles. The molecule has 0 heterocycles. The molecular weight excluding hydrogens is 138 g/mol. The second kappa shape index (κ2) is 5.71. The summed E-state index contributed by atoms with van der Waals surface area (Å²) in [6.07, 6.45) is 6.99. The zero-order valence-electron chi connectivity index (χ0n) is 7.09. The molecule has 0 aromatic carbocycles. The Morgan fingerprint density at radius 3 is 2.45 bits per heavy atom. The summed E-state index contributed by atoms with van der Waals surface area (Å²) in [6.45, 7) is 3.66. The Morgan fingerprint density at radius 1 is 1.64 bits per heavy atom. The highest BCUT2D eigenvalue weighted by Gasteiger charge is 1.97. The van der Waals surface area contributed by atoms with E-state index in [0.717, 1.165) is 12.8 Å². The maximum atomic E-state index is 8.90. The molecule has 0 radical (unpaired) electrons. The molecule has 0 saturated carbocycles. The Balaban J connectivity index is 0.000000292. The van der Waals surface area contributed by atoms with Gasteiger partial charge in [-0.15, -0.1) is 0 Å².